The van der Waals surface area contributed by atoms with E-state index in [1.807, 2.05) is 13.8 Å². The maximum absolute atomic E-state index is 14.9. The van der Waals surface area contributed by atoms with Crippen molar-refractivity contribution in [2.24, 2.45) is 5.92 Å². The number of hydrogen-bond donors (Lipinski definition) is 1. The van der Waals surface area contributed by atoms with Gasteiger partial charge in [-0.25, -0.2) is 13.8 Å². The van der Waals surface area contributed by atoms with Crippen molar-refractivity contribution in [2.75, 3.05) is 6.54 Å². The first-order valence-electron chi connectivity index (χ1n) is 9.38. The van der Waals surface area contributed by atoms with Crippen molar-refractivity contribution in [1.29, 1.82) is 0 Å². The number of alkyl halides is 3. The van der Waals surface area contributed by atoms with Crippen molar-refractivity contribution in [3.8, 4) is 17.1 Å². The third-order valence-corrected chi connectivity index (χ3v) is 4.42. The van der Waals surface area contributed by atoms with Crippen molar-refractivity contribution in [3.63, 3.8) is 0 Å². The smallest absolute Gasteiger partial charge is 0.312 e. The molecule has 164 valence electrons. The van der Waals surface area contributed by atoms with Gasteiger partial charge in [0.2, 0.25) is 0 Å². The van der Waals surface area contributed by atoms with Crippen LogP contribution < -0.4 is 10.9 Å². The van der Waals surface area contributed by atoms with Crippen LogP contribution in [0, 0.1) is 17.6 Å². The average molecular weight is 438 g/mol. The minimum Gasteiger partial charge on any atom is -0.312 e. The molecule has 3 rings (SSSR count). The molecule has 0 radical (unpaired) electrons. The monoisotopic (exact) mass is 438 g/mol. The standard InChI is InChI=1S/C21H19F5N4O/c1-12(2)8-27-9-13-3-5-15(22)20(19(13)23)30-11-29-17(7-18(30)31)16-6-4-14(10-28-16)21(24,25)26/h3-7,10-12,27H,8-9H2,1-2H3. The van der Waals surface area contributed by atoms with Crippen LogP contribution in [0.25, 0.3) is 17.1 Å². The predicted molar refractivity (Wildman–Crippen MR) is 105 cm³/mol. The Kier molecular flexibility index (Phi) is 6.49. The van der Waals surface area contributed by atoms with E-state index in [2.05, 4.69) is 15.3 Å². The molecule has 0 aliphatic carbocycles. The van der Waals surface area contributed by atoms with Gasteiger partial charge >= 0.3 is 6.18 Å². The maximum atomic E-state index is 14.9. The Morgan fingerprint density at radius 3 is 2.39 bits per heavy atom. The summed E-state index contributed by atoms with van der Waals surface area (Å²) < 4.78 is 68.0. The summed E-state index contributed by atoms with van der Waals surface area (Å²) in [6, 6.07) is 5.18. The van der Waals surface area contributed by atoms with Crippen molar-refractivity contribution in [2.45, 2.75) is 26.6 Å². The maximum Gasteiger partial charge on any atom is 0.417 e. The van der Waals surface area contributed by atoms with Crippen LogP contribution in [0.1, 0.15) is 25.0 Å². The number of hydrogen-bond acceptors (Lipinski definition) is 4. The predicted octanol–water partition coefficient (Wildman–Crippen LogP) is 4.34. The van der Waals surface area contributed by atoms with Gasteiger partial charge in [-0.1, -0.05) is 19.9 Å². The van der Waals surface area contributed by atoms with Gasteiger partial charge in [0.15, 0.2) is 5.82 Å². The number of pyridine rings is 1. The molecule has 0 unspecified atom stereocenters. The van der Waals surface area contributed by atoms with Gasteiger partial charge in [0.25, 0.3) is 5.56 Å². The summed E-state index contributed by atoms with van der Waals surface area (Å²) in [4.78, 5) is 20.1. The average Bonchev–Trinajstić information content (AvgIpc) is 2.70. The summed E-state index contributed by atoms with van der Waals surface area (Å²) in [5.74, 6) is -1.52. The van der Waals surface area contributed by atoms with E-state index in [-0.39, 0.29) is 23.5 Å². The van der Waals surface area contributed by atoms with E-state index >= 15 is 0 Å². The molecule has 2 aromatic heterocycles. The van der Waals surface area contributed by atoms with Gasteiger partial charge in [-0.05, 0) is 30.7 Å². The summed E-state index contributed by atoms with van der Waals surface area (Å²) in [7, 11) is 0. The number of halogens is 5. The fourth-order valence-electron chi connectivity index (χ4n) is 2.86. The summed E-state index contributed by atoms with van der Waals surface area (Å²) in [6.45, 7) is 4.74. The Labute approximate surface area is 174 Å². The molecule has 1 N–H and O–H groups in total. The third-order valence-electron chi connectivity index (χ3n) is 4.42. The van der Waals surface area contributed by atoms with Crippen LogP contribution in [0.4, 0.5) is 22.0 Å². The van der Waals surface area contributed by atoms with E-state index in [9.17, 15) is 26.7 Å². The van der Waals surface area contributed by atoms with Crippen LogP contribution in [0.2, 0.25) is 0 Å². The summed E-state index contributed by atoms with van der Waals surface area (Å²) >= 11 is 0. The van der Waals surface area contributed by atoms with Gasteiger partial charge in [0, 0.05) is 24.4 Å². The quantitative estimate of drug-likeness (QED) is 0.582. The van der Waals surface area contributed by atoms with Gasteiger partial charge in [-0.3, -0.25) is 14.3 Å². The van der Waals surface area contributed by atoms with Crippen molar-refractivity contribution in [3.05, 3.63) is 76.0 Å². The number of nitrogens with one attached hydrogen (secondary N) is 1. The zero-order valence-corrected chi connectivity index (χ0v) is 16.7. The largest absolute Gasteiger partial charge is 0.417 e. The zero-order valence-electron chi connectivity index (χ0n) is 16.7. The summed E-state index contributed by atoms with van der Waals surface area (Å²) in [5.41, 5.74) is -2.16. The third kappa shape index (κ3) is 5.13. The molecule has 2 heterocycles. The molecule has 0 spiro atoms. The lowest BCUT2D eigenvalue weighted by Gasteiger charge is -2.13. The fraction of sp³-hybridized carbons (Fsp3) is 0.286. The van der Waals surface area contributed by atoms with Crippen LogP contribution in [0.5, 0.6) is 0 Å². The van der Waals surface area contributed by atoms with Crippen molar-refractivity contribution < 1.29 is 22.0 Å². The van der Waals surface area contributed by atoms with Gasteiger partial charge < -0.3 is 5.32 Å². The van der Waals surface area contributed by atoms with E-state index in [4.69, 9.17) is 0 Å². The molecule has 0 atom stereocenters. The summed E-state index contributed by atoms with van der Waals surface area (Å²) in [6.07, 6.45) is -3.01. The van der Waals surface area contributed by atoms with E-state index in [0.29, 0.717) is 23.2 Å². The molecule has 0 bridgehead atoms. The summed E-state index contributed by atoms with van der Waals surface area (Å²) in [5, 5.41) is 3.05. The lowest BCUT2D eigenvalue weighted by atomic mass is 10.1. The Balaban J connectivity index is 1.94. The molecule has 1 aromatic carbocycles. The molecule has 3 aromatic rings. The fourth-order valence-corrected chi connectivity index (χ4v) is 2.86. The first-order valence-corrected chi connectivity index (χ1v) is 9.38. The lowest BCUT2D eigenvalue weighted by Crippen LogP contribution is -2.23. The molecular formula is C21H19F5N4O. The minimum atomic E-state index is -4.55. The van der Waals surface area contributed by atoms with Gasteiger partial charge in [-0.15, -0.1) is 0 Å². The van der Waals surface area contributed by atoms with E-state index in [1.54, 1.807) is 0 Å². The van der Waals surface area contributed by atoms with Gasteiger partial charge in [0.1, 0.15) is 17.8 Å². The lowest BCUT2D eigenvalue weighted by molar-refractivity contribution is -0.137. The molecule has 0 saturated carbocycles. The highest BCUT2D eigenvalue weighted by Gasteiger charge is 2.30. The molecule has 5 nitrogen and oxygen atoms in total. The minimum absolute atomic E-state index is 0.0184. The molecule has 0 saturated heterocycles. The van der Waals surface area contributed by atoms with Crippen molar-refractivity contribution >= 4 is 0 Å². The number of nitrogens with zero attached hydrogens (tertiary/aromatic N) is 3. The van der Waals surface area contributed by atoms with Crippen LogP contribution in [-0.2, 0) is 12.7 Å². The molecule has 0 amide bonds. The second kappa shape index (κ2) is 8.93. The van der Waals surface area contributed by atoms with E-state index in [0.717, 1.165) is 30.6 Å². The van der Waals surface area contributed by atoms with E-state index in [1.165, 1.54) is 6.07 Å². The van der Waals surface area contributed by atoms with Crippen LogP contribution in [-0.4, -0.2) is 21.1 Å². The number of benzene rings is 1. The first kappa shape index (κ1) is 22.5. The number of rotatable bonds is 6. The highest BCUT2D eigenvalue weighted by molar-refractivity contribution is 5.54. The van der Waals surface area contributed by atoms with Crippen LogP contribution >= 0.6 is 0 Å². The zero-order chi connectivity index (χ0) is 22.8. The molecule has 10 heteroatoms. The Hall–Kier alpha value is -3.14. The molecule has 31 heavy (non-hydrogen) atoms. The molecular weight excluding hydrogens is 419 g/mol. The Morgan fingerprint density at radius 2 is 1.81 bits per heavy atom. The molecule has 0 aliphatic heterocycles. The normalized spacial score (nSPS) is 11.9. The van der Waals surface area contributed by atoms with Gasteiger partial charge in [-0.2, -0.15) is 13.2 Å². The van der Waals surface area contributed by atoms with Crippen LogP contribution in [0.15, 0.2) is 47.7 Å². The van der Waals surface area contributed by atoms with Crippen molar-refractivity contribution in [1.82, 2.24) is 19.9 Å². The highest BCUT2D eigenvalue weighted by atomic mass is 19.4. The van der Waals surface area contributed by atoms with E-state index < -0.39 is 34.6 Å². The second-order valence-corrected chi connectivity index (χ2v) is 7.31. The SMILES string of the molecule is CC(C)CNCc1ccc(F)c(-n2cnc(-c3ccc(C(F)(F)F)cn3)cc2=O)c1F. The number of aromatic nitrogens is 3. The van der Waals surface area contributed by atoms with Gasteiger partial charge in [0.05, 0.1) is 17.0 Å². The molecule has 0 aliphatic rings. The topological polar surface area (TPSA) is 59.8 Å². The second-order valence-electron chi connectivity index (χ2n) is 7.31. The Bertz CT molecular complexity index is 1120. The van der Waals surface area contributed by atoms with Crippen LogP contribution in [0.3, 0.4) is 0 Å². The highest BCUT2D eigenvalue weighted by Crippen LogP contribution is 2.29. The Morgan fingerprint density at radius 1 is 1.06 bits per heavy atom. The molecule has 0 fully saturated rings. The first-order chi connectivity index (χ1) is 14.6.